The Bertz CT molecular complexity index is 383. The van der Waals surface area contributed by atoms with E-state index in [1.807, 2.05) is 18.2 Å². The second-order valence-electron chi connectivity index (χ2n) is 4.28. The lowest BCUT2D eigenvalue weighted by Gasteiger charge is -2.11. The van der Waals surface area contributed by atoms with E-state index in [1.54, 1.807) is 7.11 Å². The zero-order chi connectivity index (χ0) is 11.7. The Balaban J connectivity index is 2.05. The maximum atomic E-state index is 6.18. The van der Waals surface area contributed by atoms with E-state index in [0.29, 0.717) is 22.9 Å². The summed E-state index contributed by atoms with van der Waals surface area (Å²) < 4.78 is 0. The van der Waals surface area contributed by atoms with Gasteiger partial charge >= 0.3 is 0 Å². The van der Waals surface area contributed by atoms with E-state index in [-0.39, 0.29) is 0 Å². The van der Waals surface area contributed by atoms with Crippen LogP contribution in [0.3, 0.4) is 0 Å². The molecular formula is C12H15Cl2NO. The smallest absolute Gasteiger partial charge is 0.0572 e. The van der Waals surface area contributed by atoms with Crippen LogP contribution in [0.2, 0.25) is 10.0 Å². The molecule has 0 bridgehead atoms. The van der Waals surface area contributed by atoms with Crippen LogP contribution in [0.1, 0.15) is 24.8 Å². The van der Waals surface area contributed by atoms with Gasteiger partial charge in [0.2, 0.25) is 0 Å². The number of halogens is 2. The molecule has 4 heteroatoms. The second-order valence-corrected chi connectivity index (χ2v) is 5.13. The Hall–Kier alpha value is -0.280. The van der Waals surface area contributed by atoms with Gasteiger partial charge in [0.25, 0.3) is 0 Å². The third kappa shape index (κ3) is 2.51. The predicted octanol–water partition coefficient (Wildman–Crippen LogP) is 3.64. The van der Waals surface area contributed by atoms with Crippen molar-refractivity contribution in [3.8, 4) is 0 Å². The van der Waals surface area contributed by atoms with Gasteiger partial charge in [-0.2, -0.15) is 5.48 Å². The minimum absolute atomic E-state index is 0.349. The summed E-state index contributed by atoms with van der Waals surface area (Å²) in [6.07, 6.45) is 1.15. The summed E-state index contributed by atoms with van der Waals surface area (Å²) >= 11 is 12.0. The van der Waals surface area contributed by atoms with Gasteiger partial charge in [-0.3, -0.25) is 0 Å². The van der Waals surface area contributed by atoms with Crippen LogP contribution in [-0.2, 0) is 4.84 Å². The van der Waals surface area contributed by atoms with Crippen LogP contribution in [-0.4, -0.2) is 13.2 Å². The molecule has 0 saturated heterocycles. The molecule has 3 atom stereocenters. The highest BCUT2D eigenvalue weighted by atomic mass is 35.5. The van der Waals surface area contributed by atoms with Gasteiger partial charge in [-0.15, -0.1) is 0 Å². The van der Waals surface area contributed by atoms with Gasteiger partial charge < -0.3 is 4.84 Å². The number of hydrogen-bond donors (Lipinski definition) is 1. The van der Waals surface area contributed by atoms with Gasteiger partial charge in [0, 0.05) is 16.1 Å². The quantitative estimate of drug-likeness (QED) is 0.834. The van der Waals surface area contributed by atoms with Gasteiger partial charge in [-0.05, 0) is 42.9 Å². The summed E-state index contributed by atoms with van der Waals surface area (Å²) in [6.45, 7) is 2.12. The van der Waals surface area contributed by atoms with Crippen molar-refractivity contribution >= 4 is 23.2 Å². The fraction of sp³-hybridized carbons (Fsp3) is 0.500. The average molecular weight is 260 g/mol. The first kappa shape index (κ1) is 12.2. The Morgan fingerprint density at radius 2 is 2.19 bits per heavy atom. The topological polar surface area (TPSA) is 21.3 Å². The van der Waals surface area contributed by atoms with Crippen molar-refractivity contribution in [3.63, 3.8) is 0 Å². The lowest BCUT2D eigenvalue weighted by Crippen LogP contribution is -2.27. The third-order valence-electron chi connectivity index (χ3n) is 3.15. The zero-order valence-corrected chi connectivity index (χ0v) is 10.8. The number of rotatable bonds is 4. The minimum atomic E-state index is 0.349. The average Bonchev–Trinajstić information content (AvgIpc) is 2.98. The van der Waals surface area contributed by atoms with E-state index in [0.717, 1.165) is 11.4 Å². The molecular weight excluding hydrogens is 245 g/mol. The van der Waals surface area contributed by atoms with Crippen molar-refractivity contribution in [2.75, 3.05) is 7.11 Å². The summed E-state index contributed by atoms with van der Waals surface area (Å²) in [5.41, 5.74) is 4.16. The molecule has 0 amide bonds. The lowest BCUT2D eigenvalue weighted by atomic mass is 10.1. The molecule has 1 aromatic rings. The number of hydroxylamine groups is 1. The second kappa shape index (κ2) is 4.92. The minimum Gasteiger partial charge on any atom is -0.305 e. The van der Waals surface area contributed by atoms with E-state index in [4.69, 9.17) is 28.0 Å². The molecule has 88 valence electrons. The van der Waals surface area contributed by atoms with Gasteiger partial charge in [0.15, 0.2) is 0 Å². The number of benzene rings is 1. The van der Waals surface area contributed by atoms with Crippen LogP contribution in [0.25, 0.3) is 0 Å². The van der Waals surface area contributed by atoms with Crippen LogP contribution in [0, 0.1) is 5.92 Å². The van der Waals surface area contributed by atoms with Crippen molar-refractivity contribution in [3.05, 3.63) is 33.8 Å². The van der Waals surface area contributed by atoms with Crippen LogP contribution in [0.4, 0.5) is 0 Å². The SMILES string of the molecule is CONC(C)C1CC1c1ccc(Cl)cc1Cl. The molecule has 0 heterocycles. The predicted molar refractivity (Wildman–Crippen MR) is 66.9 cm³/mol. The summed E-state index contributed by atoms with van der Waals surface area (Å²) in [6, 6.07) is 6.07. The summed E-state index contributed by atoms with van der Waals surface area (Å²) in [5, 5.41) is 1.46. The molecule has 16 heavy (non-hydrogen) atoms. The Morgan fingerprint density at radius 1 is 1.44 bits per heavy atom. The molecule has 1 aliphatic rings. The Morgan fingerprint density at radius 3 is 2.81 bits per heavy atom. The maximum Gasteiger partial charge on any atom is 0.0572 e. The van der Waals surface area contributed by atoms with E-state index in [2.05, 4.69) is 12.4 Å². The van der Waals surface area contributed by atoms with Crippen molar-refractivity contribution in [1.82, 2.24) is 5.48 Å². The Labute approximate surface area is 106 Å². The molecule has 0 radical (unpaired) electrons. The molecule has 3 unspecified atom stereocenters. The molecule has 0 spiro atoms. The summed E-state index contributed by atoms with van der Waals surface area (Å²) in [5.74, 6) is 1.13. The fourth-order valence-corrected chi connectivity index (χ4v) is 2.75. The van der Waals surface area contributed by atoms with Crippen molar-refractivity contribution < 1.29 is 4.84 Å². The molecule has 1 N–H and O–H groups in total. The van der Waals surface area contributed by atoms with E-state index >= 15 is 0 Å². The molecule has 1 aromatic carbocycles. The van der Waals surface area contributed by atoms with E-state index in [1.165, 1.54) is 5.56 Å². The van der Waals surface area contributed by atoms with Crippen LogP contribution in [0.5, 0.6) is 0 Å². The first-order valence-electron chi connectivity index (χ1n) is 5.37. The van der Waals surface area contributed by atoms with Gasteiger partial charge in [0.1, 0.15) is 0 Å². The first-order chi connectivity index (χ1) is 7.63. The molecule has 1 saturated carbocycles. The normalized spacial score (nSPS) is 25.5. The van der Waals surface area contributed by atoms with E-state index < -0.39 is 0 Å². The lowest BCUT2D eigenvalue weighted by molar-refractivity contribution is 0.0591. The van der Waals surface area contributed by atoms with Crippen LogP contribution < -0.4 is 5.48 Å². The highest BCUT2D eigenvalue weighted by Crippen LogP contribution is 2.51. The highest BCUT2D eigenvalue weighted by Gasteiger charge is 2.43. The third-order valence-corrected chi connectivity index (χ3v) is 3.71. The van der Waals surface area contributed by atoms with Crippen molar-refractivity contribution in [2.24, 2.45) is 5.92 Å². The standard InChI is InChI=1S/C12H15Cl2NO/c1-7(15-16-2)10-6-11(10)9-4-3-8(13)5-12(9)14/h3-5,7,10-11,15H,6H2,1-2H3. The van der Waals surface area contributed by atoms with Crippen LogP contribution in [0.15, 0.2) is 18.2 Å². The van der Waals surface area contributed by atoms with Crippen molar-refractivity contribution in [1.29, 1.82) is 0 Å². The first-order valence-corrected chi connectivity index (χ1v) is 6.12. The Kier molecular flexibility index (Phi) is 3.75. The molecule has 2 rings (SSSR count). The zero-order valence-electron chi connectivity index (χ0n) is 9.34. The monoisotopic (exact) mass is 259 g/mol. The molecule has 0 aromatic heterocycles. The molecule has 2 nitrogen and oxygen atoms in total. The number of hydrogen-bond acceptors (Lipinski definition) is 2. The largest absolute Gasteiger partial charge is 0.305 e. The van der Waals surface area contributed by atoms with E-state index in [9.17, 15) is 0 Å². The maximum absolute atomic E-state index is 6.18. The summed E-state index contributed by atoms with van der Waals surface area (Å²) in [4.78, 5) is 4.93. The highest BCUT2D eigenvalue weighted by molar-refractivity contribution is 6.35. The van der Waals surface area contributed by atoms with Crippen molar-refractivity contribution in [2.45, 2.75) is 25.3 Å². The summed E-state index contributed by atoms with van der Waals surface area (Å²) in [7, 11) is 1.64. The molecule has 1 fully saturated rings. The molecule has 1 aliphatic carbocycles. The molecule has 0 aliphatic heterocycles. The fourth-order valence-electron chi connectivity index (χ4n) is 2.20. The number of nitrogens with one attached hydrogen (secondary N) is 1. The van der Waals surface area contributed by atoms with Crippen LogP contribution >= 0.6 is 23.2 Å². The van der Waals surface area contributed by atoms with Gasteiger partial charge in [0.05, 0.1) is 7.11 Å². The van der Waals surface area contributed by atoms with Gasteiger partial charge in [-0.1, -0.05) is 29.3 Å². The van der Waals surface area contributed by atoms with Gasteiger partial charge in [-0.25, -0.2) is 0 Å².